The highest BCUT2D eigenvalue weighted by atomic mass is 79.9. The average molecular weight is 444 g/mol. The van der Waals surface area contributed by atoms with Gasteiger partial charge >= 0.3 is 0 Å². The van der Waals surface area contributed by atoms with E-state index in [0.29, 0.717) is 29.3 Å². The van der Waals surface area contributed by atoms with Gasteiger partial charge in [-0.2, -0.15) is 0 Å². The number of rotatable bonds is 9. The molecule has 0 bridgehead atoms. The Kier molecular flexibility index (Phi) is 7.76. The molecular formula is C18H23BrFN3O4. The van der Waals surface area contributed by atoms with Crippen LogP contribution in [0.2, 0.25) is 0 Å². The lowest BCUT2D eigenvalue weighted by Crippen LogP contribution is -2.32. The van der Waals surface area contributed by atoms with Crippen molar-refractivity contribution >= 4 is 27.4 Å². The van der Waals surface area contributed by atoms with E-state index in [-0.39, 0.29) is 17.4 Å². The molecule has 0 radical (unpaired) electrons. The topological polar surface area (TPSA) is 74.6 Å². The summed E-state index contributed by atoms with van der Waals surface area (Å²) in [5.74, 6) is 0.588. The Morgan fingerprint density at radius 3 is 2.33 bits per heavy atom. The monoisotopic (exact) mass is 443 g/mol. The minimum atomic E-state index is -0.899. The first kappa shape index (κ1) is 21.3. The summed E-state index contributed by atoms with van der Waals surface area (Å²) in [4.78, 5) is 17.2. The van der Waals surface area contributed by atoms with E-state index in [1.165, 1.54) is 4.57 Å². The van der Waals surface area contributed by atoms with Gasteiger partial charge in [-0.15, -0.1) is 0 Å². The lowest BCUT2D eigenvalue weighted by molar-refractivity contribution is 0.0878. The van der Waals surface area contributed by atoms with Crippen LogP contribution in [0.3, 0.4) is 0 Å². The smallest absolute Gasteiger partial charge is 0.294 e. The van der Waals surface area contributed by atoms with E-state index < -0.39 is 6.86 Å². The zero-order valence-corrected chi connectivity index (χ0v) is 17.3. The van der Waals surface area contributed by atoms with Gasteiger partial charge in [-0.05, 0) is 53.0 Å². The van der Waals surface area contributed by atoms with Gasteiger partial charge in [0.1, 0.15) is 10.4 Å². The van der Waals surface area contributed by atoms with Crippen LogP contribution in [0.15, 0.2) is 27.7 Å². The van der Waals surface area contributed by atoms with Crippen LogP contribution in [0.5, 0.6) is 5.75 Å². The molecule has 0 unspecified atom stereocenters. The molecule has 0 amide bonds. The second-order valence-corrected chi connectivity index (χ2v) is 6.81. The molecule has 0 aliphatic rings. The standard InChI is InChI=1S/C18H23BrFN3O4/c1-11-5-14(27-10-20)6-12(2)16(11)22-17-18(24)23(7-15(19)21-17)13(8-25-3)9-26-4/h5-7,13H,8-10H2,1-4H3,(H,21,22). The van der Waals surface area contributed by atoms with Crippen LogP contribution in [-0.4, -0.2) is 43.8 Å². The van der Waals surface area contributed by atoms with E-state index in [1.807, 2.05) is 13.8 Å². The van der Waals surface area contributed by atoms with Crippen LogP contribution in [0.4, 0.5) is 15.9 Å². The first-order valence-electron chi connectivity index (χ1n) is 8.24. The molecule has 7 nitrogen and oxygen atoms in total. The molecule has 1 aromatic heterocycles. The minimum Gasteiger partial charge on any atom is -0.463 e. The number of nitrogens with zero attached hydrogens (tertiary/aromatic N) is 2. The number of hydrogen-bond donors (Lipinski definition) is 1. The highest BCUT2D eigenvalue weighted by molar-refractivity contribution is 9.10. The van der Waals surface area contributed by atoms with Crippen LogP contribution in [0.1, 0.15) is 17.2 Å². The van der Waals surface area contributed by atoms with Crippen molar-refractivity contribution in [2.24, 2.45) is 0 Å². The molecule has 2 rings (SSSR count). The second kappa shape index (κ2) is 9.82. The fourth-order valence-electron chi connectivity index (χ4n) is 2.81. The molecule has 0 spiro atoms. The Hall–Kier alpha value is -1.97. The summed E-state index contributed by atoms with van der Waals surface area (Å²) in [7, 11) is 3.13. The molecule has 0 aliphatic carbocycles. The number of ether oxygens (including phenoxy) is 3. The third-order valence-corrected chi connectivity index (χ3v) is 4.37. The number of aryl methyl sites for hydroxylation is 2. The number of methoxy groups -OCH3 is 2. The minimum absolute atomic E-state index is 0.159. The van der Waals surface area contributed by atoms with Crippen molar-refractivity contribution in [1.29, 1.82) is 0 Å². The van der Waals surface area contributed by atoms with Gasteiger partial charge in [0.15, 0.2) is 5.82 Å². The van der Waals surface area contributed by atoms with Crippen LogP contribution in [0.25, 0.3) is 0 Å². The number of nitrogens with one attached hydrogen (secondary N) is 1. The van der Waals surface area contributed by atoms with Crippen molar-refractivity contribution in [2.45, 2.75) is 19.9 Å². The quantitative estimate of drug-likeness (QED) is 0.638. The summed E-state index contributed by atoms with van der Waals surface area (Å²) in [5.41, 5.74) is 2.01. The Bertz CT molecular complexity index is 815. The summed E-state index contributed by atoms with van der Waals surface area (Å²) >= 11 is 3.35. The molecule has 2 aromatic rings. The maximum Gasteiger partial charge on any atom is 0.294 e. The van der Waals surface area contributed by atoms with Crippen molar-refractivity contribution in [3.63, 3.8) is 0 Å². The Morgan fingerprint density at radius 2 is 1.81 bits per heavy atom. The van der Waals surface area contributed by atoms with E-state index in [2.05, 4.69) is 26.2 Å². The van der Waals surface area contributed by atoms with Crippen molar-refractivity contribution in [3.8, 4) is 5.75 Å². The zero-order valence-electron chi connectivity index (χ0n) is 15.7. The summed E-state index contributed by atoms with van der Waals surface area (Å²) in [5, 5.41) is 3.09. The van der Waals surface area contributed by atoms with Crippen molar-refractivity contribution < 1.29 is 18.6 Å². The SMILES string of the molecule is COCC(COC)n1cc(Br)nc(Nc2c(C)cc(OCF)cc2C)c1=O. The van der Waals surface area contributed by atoms with Gasteiger partial charge in [0.2, 0.25) is 6.86 Å². The van der Waals surface area contributed by atoms with Gasteiger partial charge < -0.3 is 24.1 Å². The fourth-order valence-corrected chi connectivity index (χ4v) is 3.21. The van der Waals surface area contributed by atoms with E-state index in [0.717, 1.165) is 11.1 Å². The summed E-state index contributed by atoms with van der Waals surface area (Å²) in [6.07, 6.45) is 1.61. The first-order chi connectivity index (χ1) is 12.9. The molecule has 148 valence electrons. The molecule has 0 aliphatic heterocycles. The predicted molar refractivity (Wildman–Crippen MR) is 105 cm³/mol. The van der Waals surface area contributed by atoms with Crippen molar-refractivity contribution in [1.82, 2.24) is 9.55 Å². The molecule has 1 aromatic carbocycles. The summed E-state index contributed by atoms with van der Waals surface area (Å²) < 4.78 is 29.7. The van der Waals surface area contributed by atoms with E-state index >= 15 is 0 Å². The highest BCUT2D eigenvalue weighted by Gasteiger charge is 2.18. The van der Waals surface area contributed by atoms with Crippen LogP contribution in [0, 0.1) is 13.8 Å². The summed E-state index contributed by atoms with van der Waals surface area (Å²) in [6, 6.07) is 3.10. The third-order valence-electron chi connectivity index (χ3n) is 3.98. The summed E-state index contributed by atoms with van der Waals surface area (Å²) in [6.45, 7) is 3.42. The Labute approximate surface area is 165 Å². The molecule has 0 saturated carbocycles. The van der Waals surface area contributed by atoms with Crippen LogP contribution < -0.4 is 15.6 Å². The lowest BCUT2D eigenvalue weighted by atomic mass is 10.1. The van der Waals surface area contributed by atoms with Crippen molar-refractivity contribution in [2.75, 3.05) is 39.6 Å². The molecule has 27 heavy (non-hydrogen) atoms. The number of alkyl halides is 1. The van der Waals surface area contributed by atoms with E-state index in [1.54, 1.807) is 32.5 Å². The van der Waals surface area contributed by atoms with Gasteiger partial charge in [-0.25, -0.2) is 9.37 Å². The zero-order chi connectivity index (χ0) is 20.0. The largest absolute Gasteiger partial charge is 0.463 e. The maximum atomic E-state index is 12.9. The van der Waals surface area contributed by atoms with Gasteiger partial charge in [0.25, 0.3) is 5.56 Å². The molecule has 1 heterocycles. The Balaban J connectivity index is 2.44. The van der Waals surface area contributed by atoms with Crippen LogP contribution in [-0.2, 0) is 9.47 Å². The Morgan fingerprint density at radius 1 is 1.22 bits per heavy atom. The van der Waals surface area contributed by atoms with Crippen LogP contribution >= 0.6 is 15.9 Å². The molecule has 0 fully saturated rings. The number of hydrogen-bond acceptors (Lipinski definition) is 6. The van der Waals surface area contributed by atoms with E-state index in [4.69, 9.17) is 14.2 Å². The van der Waals surface area contributed by atoms with Gasteiger partial charge in [0, 0.05) is 26.1 Å². The number of aromatic nitrogens is 2. The predicted octanol–water partition coefficient (Wildman–Crippen LogP) is 3.51. The lowest BCUT2D eigenvalue weighted by Gasteiger charge is -2.20. The normalized spacial score (nSPS) is 11.1. The molecular weight excluding hydrogens is 421 g/mol. The number of halogens is 2. The van der Waals surface area contributed by atoms with Gasteiger partial charge in [0.05, 0.1) is 19.3 Å². The average Bonchev–Trinajstić information content (AvgIpc) is 2.61. The third kappa shape index (κ3) is 5.27. The van der Waals surface area contributed by atoms with E-state index in [9.17, 15) is 9.18 Å². The second-order valence-electron chi connectivity index (χ2n) is 6.00. The van der Waals surface area contributed by atoms with Crippen molar-refractivity contribution in [3.05, 3.63) is 44.4 Å². The molecule has 0 atom stereocenters. The maximum absolute atomic E-state index is 12.9. The highest BCUT2D eigenvalue weighted by Crippen LogP contribution is 2.28. The fraction of sp³-hybridized carbons (Fsp3) is 0.444. The number of benzene rings is 1. The van der Waals surface area contributed by atoms with Gasteiger partial charge in [-0.3, -0.25) is 4.79 Å². The molecule has 9 heteroatoms. The first-order valence-corrected chi connectivity index (χ1v) is 9.04. The molecule has 1 N–H and O–H groups in total. The van der Waals surface area contributed by atoms with Gasteiger partial charge in [-0.1, -0.05) is 0 Å². The molecule has 0 saturated heterocycles. The number of anilines is 2.